The number of fused-ring (bicyclic) bond motifs is 3. The van der Waals surface area contributed by atoms with Crippen LogP contribution < -0.4 is 5.32 Å². The summed E-state index contributed by atoms with van der Waals surface area (Å²) in [5, 5.41) is 4.00. The first kappa shape index (κ1) is 18.6. The molecular weight excluding hydrogens is 352 g/mol. The molecule has 0 aliphatic carbocycles. The van der Waals surface area contributed by atoms with Gasteiger partial charge in [-0.25, -0.2) is 0 Å². The summed E-state index contributed by atoms with van der Waals surface area (Å²) in [7, 11) is 0. The fourth-order valence-electron chi connectivity index (χ4n) is 5.53. The van der Waals surface area contributed by atoms with Gasteiger partial charge in [0, 0.05) is 24.5 Å². The summed E-state index contributed by atoms with van der Waals surface area (Å²) < 4.78 is 0. The maximum Gasteiger partial charge on any atom is 0.0361 e. The van der Waals surface area contributed by atoms with Gasteiger partial charge in [-0.05, 0) is 48.5 Å². The number of piperidine rings is 3. The predicted molar refractivity (Wildman–Crippen MR) is 120 cm³/mol. The van der Waals surface area contributed by atoms with Crippen molar-refractivity contribution in [2.75, 3.05) is 13.1 Å². The number of hydrogen-bond donors (Lipinski definition) is 1. The lowest BCUT2D eigenvalue weighted by atomic mass is 9.70. The Hall–Kier alpha value is -2.42. The van der Waals surface area contributed by atoms with E-state index < -0.39 is 0 Å². The second kappa shape index (κ2) is 8.52. The second-order valence-corrected chi connectivity index (χ2v) is 8.56. The van der Waals surface area contributed by atoms with E-state index in [1.807, 2.05) is 0 Å². The van der Waals surface area contributed by atoms with Gasteiger partial charge in [0.2, 0.25) is 0 Å². The monoisotopic (exact) mass is 382 g/mol. The van der Waals surface area contributed by atoms with Crippen LogP contribution in [0.15, 0.2) is 91.0 Å². The Morgan fingerprint density at radius 1 is 0.724 bits per heavy atom. The summed E-state index contributed by atoms with van der Waals surface area (Å²) in [6.07, 6.45) is 2.64. The molecule has 3 aliphatic rings. The number of benzene rings is 3. The van der Waals surface area contributed by atoms with E-state index >= 15 is 0 Å². The number of nitrogens with one attached hydrogen (secondary N) is 1. The molecule has 0 amide bonds. The van der Waals surface area contributed by atoms with Crippen molar-refractivity contribution >= 4 is 0 Å². The fourth-order valence-corrected chi connectivity index (χ4v) is 5.53. The fraction of sp³-hybridized carbons (Fsp3) is 0.333. The first-order valence-corrected chi connectivity index (χ1v) is 11.0. The highest BCUT2D eigenvalue weighted by Crippen LogP contribution is 2.42. The van der Waals surface area contributed by atoms with E-state index in [1.54, 1.807) is 0 Å². The Labute approximate surface area is 174 Å². The van der Waals surface area contributed by atoms with Gasteiger partial charge in [-0.1, -0.05) is 91.0 Å². The van der Waals surface area contributed by atoms with Crippen molar-refractivity contribution in [2.24, 2.45) is 5.92 Å². The smallest absolute Gasteiger partial charge is 0.0361 e. The van der Waals surface area contributed by atoms with Crippen molar-refractivity contribution in [3.63, 3.8) is 0 Å². The lowest BCUT2D eigenvalue weighted by Crippen LogP contribution is -2.64. The lowest BCUT2D eigenvalue weighted by Gasteiger charge is -2.54. The maximum absolute atomic E-state index is 4.00. The average molecular weight is 383 g/mol. The van der Waals surface area contributed by atoms with Crippen LogP contribution >= 0.6 is 0 Å². The molecule has 0 spiro atoms. The molecule has 3 aromatic carbocycles. The van der Waals surface area contributed by atoms with E-state index in [0.717, 1.165) is 12.5 Å². The zero-order valence-corrected chi connectivity index (χ0v) is 17.0. The molecule has 0 radical (unpaired) electrons. The largest absolute Gasteiger partial charge is 0.308 e. The van der Waals surface area contributed by atoms with Crippen molar-refractivity contribution in [1.82, 2.24) is 10.2 Å². The maximum atomic E-state index is 4.00. The molecule has 0 saturated carbocycles. The van der Waals surface area contributed by atoms with Crippen LogP contribution in [0, 0.1) is 5.92 Å². The van der Waals surface area contributed by atoms with Crippen molar-refractivity contribution in [1.29, 1.82) is 0 Å². The standard InChI is InChI=1S/C27H30N2/c1-4-10-21(11-5-1)20-28-26-24-16-18-29(19-17-24)27(26)25(22-12-6-2-7-13-22)23-14-8-3-9-15-23/h1-15,24-28H,16-20H2/t26-,27+/m0/s1. The van der Waals surface area contributed by atoms with Gasteiger partial charge >= 0.3 is 0 Å². The Kier molecular flexibility index (Phi) is 5.47. The summed E-state index contributed by atoms with van der Waals surface area (Å²) in [5.74, 6) is 1.16. The third kappa shape index (κ3) is 3.88. The van der Waals surface area contributed by atoms with Gasteiger partial charge in [0.25, 0.3) is 0 Å². The van der Waals surface area contributed by atoms with E-state index in [4.69, 9.17) is 0 Å². The van der Waals surface area contributed by atoms with Gasteiger partial charge in [0.1, 0.15) is 0 Å². The van der Waals surface area contributed by atoms with Crippen LogP contribution in [0.3, 0.4) is 0 Å². The highest BCUT2D eigenvalue weighted by molar-refractivity contribution is 5.36. The van der Waals surface area contributed by atoms with Crippen LogP contribution in [0.5, 0.6) is 0 Å². The molecule has 0 aromatic heterocycles. The molecule has 2 heteroatoms. The van der Waals surface area contributed by atoms with Crippen molar-refractivity contribution in [3.8, 4) is 0 Å². The van der Waals surface area contributed by atoms with E-state index in [9.17, 15) is 0 Å². The minimum atomic E-state index is 0.397. The minimum Gasteiger partial charge on any atom is -0.308 e. The van der Waals surface area contributed by atoms with E-state index in [0.29, 0.717) is 18.0 Å². The molecule has 3 fully saturated rings. The molecular formula is C27H30N2. The van der Waals surface area contributed by atoms with Crippen LogP contribution in [0.25, 0.3) is 0 Å². The number of rotatable bonds is 6. The number of nitrogens with zero attached hydrogens (tertiary/aromatic N) is 1. The van der Waals surface area contributed by atoms with Gasteiger partial charge in [-0.15, -0.1) is 0 Å². The molecule has 2 bridgehead atoms. The van der Waals surface area contributed by atoms with Crippen molar-refractivity contribution in [2.45, 2.75) is 37.4 Å². The molecule has 1 N–H and O–H groups in total. The Balaban J connectivity index is 1.50. The average Bonchev–Trinajstić information content (AvgIpc) is 2.81. The van der Waals surface area contributed by atoms with E-state index in [2.05, 4.69) is 101 Å². The Bertz CT molecular complexity index is 846. The van der Waals surface area contributed by atoms with Crippen LogP contribution in [0.1, 0.15) is 35.4 Å². The van der Waals surface area contributed by atoms with Gasteiger partial charge in [0.05, 0.1) is 0 Å². The highest BCUT2D eigenvalue weighted by atomic mass is 15.2. The zero-order chi connectivity index (χ0) is 19.5. The van der Waals surface area contributed by atoms with Gasteiger partial charge in [0.15, 0.2) is 0 Å². The third-order valence-corrected chi connectivity index (χ3v) is 6.92. The van der Waals surface area contributed by atoms with E-state index in [-0.39, 0.29) is 0 Å². The SMILES string of the molecule is c1ccc(CN[C@H]2C3CCN(CC3)[C@@H]2C(c2ccccc2)c2ccccc2)cc1. The first-order valence-electron chi connectivity index (χ1n) is 11.0. The Morgan fingerprint density at radius 2 is 1.24 bits per heavy atom. The molecule has 2 nitrogen and oxygen atoms in total. The summed E-state index contributed by atoms with van der Waals surface area (Å²) in [5.41, 5.74) is 4.24. The molecule has 6 rings (SSSR count). The van der Waals surface area contributed by atoms with Gasteiger partial charge in [-0.3, -0.25) is 4.90 Å². The predicted octanol–water partition coefficient (Wildman–Crippen LogP) is 5.07. The first-order chi connectivity index (χ1) is 14.4. The summed E-state index contributed by atoms with van der Waals surface area (Å²) in [6, 6.07) is 34.1. The highest BCUT2D eigenvalue weighted by Gasteiger charge is 2.46. The molecule has 148 valence electrons. The second-order valence-electron chi connectivity index (χ2n) is 8.56. The van der Waals surface area contributed by atoms with E-state index in [1.165, 1.54) is 42.6 Å². The van der Waals surface area contributed by atoms with Crippen molar-refractivity contribution in [3.05, 3.63) is 108 Å². The number of hydrogen-bond acceptors (Lipinski definition) is 2. The zero-order valence-electron chi connectivity index (χ0n) is 17.0. The van der Waals surface area contributed by atoms with Crippen LogP contribution in [-0.4, -0.2) is 30.1 Å². The molecule has 0 unspecified atom stereocenters. The third-order valence-electron chi connectivity index (χ3n) is 6.92. The van der Waals surface area contributed by atoms with Crippen LogP contribution in [0.4, 0.5) is 0 Å². The minimum absolute atomic E-state index is 0.397. The molecule has 29 heavy (non-hydrogen) atoms. The molecule has 3 aliphatic heterocycles. The van der Waals surface area contributed by atoms with Gasteiger partial charge in [-0.2, -0.15) is 0 Å². The lowest BCUT2D eigenvalue weighted by molar-refractivity contribution is 0.00468. The summed E-state index contributed by atoms with van der Waals surface area (Å²) >= 11 is 0. The van der Waals surface area contributed by atoms with Crippen molar-refractivity contribution < 1.29 is 0 Å². The normalized spacial score (nSPS) is 26.0. The summed E-state index contributed by atoms with van der Waals surface area (Å²) in [6.45, 7) is 3.41. The quantitative estimate of drug-likeness (QED) is 0.640. The summed E-state index contributed by atoms with van der Waals surface area (Å²) in [4.78, 5) is 2.76. The molecule has 3 heterocycles. The van der Waals surface area contributed by atoms with Crippen LogP contribution in [0.2, 0.25) is 0 Å². The molecule has 3 aromatic rings. The van der Waals surface area contributed by atoms with Gasteiger partial charge < -0.3 is 5.32 Å². The molecule has 2 atom stereocenters. The van der Waals surface area contributed by atoms with Crippen LogP contribution in [-0.2, 0) is 6.54 Å². The molecule has 3 saturated heterocycles. The topological polar surface area (TPSA) is 15.3 Å². The Morgan fingerprint density at radius 3 is 1.79 bits per heavy atom.